The van der Waals surface area contributed by atoms with Gasteiger partial charge in [0.25, 0.3) is 0 Å². The summed E-state index contributed by atoms with van der Waals surface area (Å²) in [5.74, 6) is 0.937. The largest absolute Gasteiger partial charge is 0.357 e. The molecule has 4 nitrogen and oxygen atoms in total. The van der Waals surface area contributed by atoms with Gasteiger partial charge in [-0.2, -0.15) is 11.3 Å². The van der Waals surface area contributed by atoms with Crippen LogP contribution in [0.4, 0.5) is 0 Å². The lowest BCUT2D eigenvalue weighted by Crippen LogP contribution is -2.51. The van der Waals surface area contributed by atoms with Crippen molar-refractivity contribution < 1.29 is 0 Å². The molecular formula is C21H30N4S. The van der Waals surface area contributed by atoms with E-state index in [1.165, 1.54) is 11.1 Å². The molecule has 0 amide bonds. The number of piperidine rings is 1. The monoisotopic (exact) mass is 370 g/mol. The summed E-state index contributed by atoms with van der Waals surface area (Å²) in [6.45, 7) is 8.25. The summed E-state index contributed by atoms with van der Waals surface area (Å²) < 4.78 is 0. The first-order valence-electron chi connectivity index (χ1n) is 9.58. The molecule has 3 rings (SSSR count). The highest BCUT2D eigenvalue weighted by Gasteiger charge is 2.25. The number of aliphatic imine (C=N–C) groups is 1. The van der Waals surface area contributed by atoms with Gasteiger partial charge < -0.3 is 10.6 Å². The molecular weight excluding hydrogens is 340 g/mol. The summed E-state index contributed by atoms with van der Waals surface area (Å²) >= 11 is 1.73. The summed E-state index contributed by atoms with van der Waals surface area (Å²) in [5, 5.41) is 11.3. The number of hydrogen-bond acceptors (Lipinski definition) is 3. The van der Waals surface area contributed by atoms with Gasteiger partial charge in [-0.15, -0.1) is 0 Å². The molecule has 0 radical (unpaired) electrons. The number of guanidine groups is 1. The maximum absolute atomic E-state index is 4.75. The van der Waals surface area contributed by atoms with Gasteiger partial charge in [-0.05, 0) is 54.6 Å². The standard InChI is InChI=1S/C21H30N4S/c1-3-22-21(23-14-19-10-12-26-16-19)24-20-9-11-25(17(2)13-20)15-18-7-5-4-6-8-18/h4-8,10,12,16-17,20H,3,9,11,13-15H2,1-2H3,(H2,22,23,24). The van der Waals surface area contributed by atoms with Crippen LogP contribution in [0.2, 0.25) is 0 Å². The highest BCUT2D eigenvalue weighted by molar-refractivity contribution is 7.07. The van der Waals surface area contributed by atoms with Gasteiger partial charge in [0, 0.05) is 31.7 Å². The van der Waals surface area contributed by atoms with Crippen molar-refractivity contribution >= 4 is 17.3 Å². The molecule has 2 N–H and O–H groups in total. The second kappa shape index (κ2) is 9.74. The van der Waals surface area contributed by atoms with Crippen LogP contribution in [-0.2, 0) is 13.1 Å². The molecule has 1 fully saturated rings. The van der Waals surface area contributed by atoms with Crippen LogP contribution in [0.5, 0.6) is 0 Å². The fourth-order valence-electron chi connectivity index (χ4n) is 3.47. The normalized spacial score (nSPS) is 21.5. The number of benzene rings is 1. The molecule has 1 aromatic carbocycles. The molecule has 0 bridgehead atoms. The summed E-state index contributed by atoms with van der Waals surface area (Å²) in [6, 6.07) is 14.0. The molecule has 1 aromatic heterocycles. The Morgan fingerprint density at radius 3 is 2.77 bits per heavy atom. The zero-order valence-corrected chi connectivity index (χ0v) is 16.6. The summed E-state index contributed by atoms with van der Waals surface area (Å²) in [4.78, 5) is 7.34. The van der Waals surface area contributed by atoms with E-state index in [4.69, 9.17) is 4.99 Å². The third-order valence-electron chi connectivity index (χ3n) is 4.93. The molecule has 26 heavy (non-hydrogen) atoms. The van der Waals surface area contributed by atoms with E-state index in [2.05, 4.69) is 76.5 Å². The second-order valence-corrected chi connectivity index (χ2v) is 7.78. The summed E-state index contributed by atoms with van der Waals surface area (Å²) in [5.41, 5.74) is 2.68. The molecule has 0 spiro atoms. The molecule has 0 aliphatic carbocycles. The van der Waals surface area contributed by atoms with Gasteiger partial charge in [0.1, 0.15) is 0 Å². The van der Waals surface area contributed by atoms with Crippen LogP contribution in [0.1, 0.15) is 37.8 Å². The first-order chi connectivity index (χ1) is 12.7. The predicted octanol–water partition coefficient (Wildman–Crippen LogP) is 3.86. The van der Waals surface area contributed by atoms with Crippen LogP contribution < -0.4 is 10.6 Å². The molecule has 2 heterocycles. The Bertz CT molecular complexity index is 669. The van der Waals surface area contributed by atoms with E-state index in [1.807, 2.05) is 0 Å². The Kier molecular flexibility index (Phi) is 7.09. The van der Waals surface area contributed by atoms with E-state index in [-0.39, 0.29) is 0 Å². The number of hydrogen-bond donors (Lipinski definition) is 2. The van der Waals surface area contributed by atoms with Crippen molar-refractivity contribution in [3.05, 3.63) is 58.3 Å². The van der Waals surface area contributed by atoms with Gasteiger partial charge in [-0.1, -0.05) is 30.3 Å². The fourth-order valence-corrected chi connectivity index (χ4v) is 4.13. The molecule has 2 unspecified atom stereocenters. The molecule has 2 aromatic rings. The Morgan fingerprint density at radius 1 is 1.23 bits per heavy atom. The van der Waals surface area contributed by atoms with E-state index in [1.54, 1.807) is 11.3 Å². The Morgan fingerprint density at radius 2 is 2.08 bits per heavy atom. The minimum Gasteiger partial charge on any atom is -0.357 e. The lowest BCUT2D eigenvalue weighted by molar-refractivity contribution is 0.134. The van der Waals surface area contributed by atoms with E-state index in [9.17, 15) is 0 Å². The van der Waals surface area contributed by atoms with Crippen LogP contribution in [-0.4, -0.2) is 36.0 Å². The van der Waals surface area contributed by atoms with Crippen molar-refractivity contribution in [1.82, 2.24) is 15.5 Å². The zero-order valence-electron chi connectivity index (χ0n) is 15.8. The maximum Gasteiger partial charge on any atom is 0.191 e. The van der Waals surface area contributed by atoms with Crippen molar-refractivity contribution in [1.29, 1.82) is 0 Å². The van der Waals surface area contributed by atoms with Gasteiger partial charge in [-0.3, -0.25) is 4.90 Å². The SMILES string of the molecule is CCNC(=NCc1ccsc1)NC1CCN(Cc2ccccc2)C(C)C1. The first-order valence-corrected chi connectivity index (χ1v) is 10.5. The van der Waals surface area contributed by atoms with Crippen LogP contribution >= 0.6 is 11.3 Å². The smallest absolute Gasteiger partial charge is 0.191 e. The molecule has 140 valence electrons. The number of nitrogens with one attached hydrogen (secondary N) is 2. The predicted molar refractivity (Wildman–Crippen MR) is 112 cm³/mol. The molecule has 1 aliphatic rings. The number of thiophene rings is 1. The topological polar surface area (TPSA) is 39.7 Å². The van der Waals surface area contributed by atoms with E-state index >= 15 is 0 Å². The number of nitrogens with zero attached hydrogens (tertiary/aromatic N) is 2. The third kappa shape index (κ3) is 5.58. The Balaban J connectivity index is 1.52. The quantitative estimate of drug-likeness (QED) is 0.599. The summed E-state index contributed by atoms with van der Waals surface area (Å²) in [6.07, 6.45) is 2.30. The van der Waals surface area contributed by atoms with Crippen molar-refractivity contribution in [2.75, 3.05) is 13.1 Å². The van der Waals surface area contributed by atoms with Gasteiger partial charge in [-0.25, -0.2) is 4.99 Å². The Labute approximate surface area is 161 Å². The first kappa shape index (κ1) is 18.9. The number of likely N-dealkylation sites (tertiary alicyclic amines) is 1. The average molecular weight is 371 g/mol. The maximum atomic E-state index is 4.75. The number of rotatable bonds is 6. The molecule has 2 atom stereocenters. The fraction of sp³-hybridized carbons (Fsp3) is 0.476. The summed E-state index contributed by atoms with van der Waals surface area (Å²) in [7, 11) is 0. The molecule has 5 heteroatoms. The molecule has 1 saturated heterocycles. The second-order valence-electron chi connectivity index (χ2n) is 7.00. The lowest BCUT2D eigenvalue weighted by Gasteiger charge is -2.38. The van der Waals surface area contributed by atoms with Crippen molar-refractivity contribution in [2.24, 2.45) is 4.99 Å². The lowest BCUT2D eigenvalue weighted by atomic mass is 9.97. The minimum absolute atomic E-state index is 0.484. The zero-order chi connectivity index (χ0) is 18.2. The average Bonchev–Trinajstić information content (AvgIpc) is 3.17. The molecule has 0 saturated carbocycles. The molecule has 1 aliphatic heterocycles. The van der Waals surface area contributed by atoms with Crippen molar-refractivity contribution in [2.45, 2.75) is 51.9 Å². The minimum atomic E-state index is 0.484. The van der Waals surface area contributed by atoms with E-state index in [0.717, 1.165) is 45.0 Å². The highest BCUT2D eigenvalue weighted by atomic mass is 32.1. The Hall–Kier alpha value is -1.85. The van der Waals surface area contributed by atoms with Gasteiger partial charge >= 0.3 is 0 Å². The van der Waals surface area contributed by atoms with E-state index < -0.39 is 0 Å². The van der Waals surface area contributed by atoms with Crippen LogP contribution in [0.25, 0.3) is 0 Å². The third-order valence-corrected chi connectivity index (χ3v) is 5.66. The van der Waals surface area contributed by atoms with Crippen LogP contribution in [0.15, 0.2) is 52.2 Å². The van der Waals surface area contributed by atoms with Crippen LogP contribution in [0, 0.1) is 0 Å². The van der Waals surface area contributed by atoms with Crippen LogP contribution in [0.3, 0.4) is 0 Å². The van der Waals surface area contributed by atoms with E-state index in [0.29, 0.717) is 12.1 Å². The van der Waals surface area contributed by atoms with Gasteiger partial charge in [0.2, 0.25) is 0 Å². The van der Waals surface area contributed by atoms with Gasteiger partial charge in [0.15, 0.2) is 5.96 Å². The van der Waals surface area contributed by atoms with Crippen molar-refractivity contribution in [3.8, 4) is 0 Å². The van der Waals surface area contributed by atoms with Gasteiger partial charge in [0.05, 0.1) is 6.54 Å². The highest BCUT2D eigenvalue weighted by Crippen LogP contribution is 2.20. The van der Waals surface area contributed by atoms with Crippen molar-refractivity contribution in [3.63, 3.8) is 0 Å².